The van der Waals surface area contributed by atoms with Gasteiger partial charge in [0.1, 0.15) is 5.15 Å². The summed E-state index contributed by atoms with van der Waals surface area (Å²) >= 11 is 5.95. The zero-order valence-corrected chi connectivity index (χ0v) is 10.8. The third-order valence-electron chi connectivity index (χ3n) is 3.38. The van der Waals surface area contributed by atoms with Gasteiger partial charge in [0.05, 0.1) is 0 Å². The van der Waals surface area contributed by atoms with Crippen LogP contribution in [-0.2, 0) is 0 Å². The lowest BCUT2D eigenvalue weighted by Crippen LogP contribution is -2.13. The summed E-state index contributed by atoms with van der Waals surface area (Å²) in [6.45, 7) is 8.28. The van der Waals surface area contributed by atoms with Crippen molar-refractivity contribution in [3.05, 3.63) is 46.8 Å². The number of aromatic nitrogens is 1. The Morgan fingerprint density at radius 1 is 1.59 bits per heavy atom. The van der Waals surface area contributed by atoms with E-state index in [0.29, 0.717) is 5.15 Å². The van der Waals surface area contributed by atoms with E-state index in [1.807, 2.05) is 19.2 Å². The van der Waals surface area contributed by atoms with Gasteiger partial charge in [0.25, 0.3) is 0 Å². The number of hydrogen-bond acceptors (Lipinski definition) is 2. The van der Waals surface area contributed by atoms with Gasteiger partial charge in [0.15, 0.2) is 0 Å². The van der Waals surface area contributed by atoms with Crippen molar-refractivity contribution < 1.29 is 5.11 Å². The summed E-state index contributed by atoms with van der Waals surface area (Å²) in [4.78, 5) is 4.13. The molecule has 1 aliphatic rings. The molecule has 0 aliphatic heterocycles. The zero-order chi connectivity index (χ0) is 12.6. The number of pyridine rings is 1. The second-order valence-electron chi connectivity index (χ2n) is 4.57. The molecule has 1 aromatic heterocycles. The average Bonchev–Trinajstić information content (AvgIpc) is 2.32. The van der Waals surface area contributed by atoms with E-state index < -0.39 is 0 Å². The molecule has 1 aromatic rings. The average molecular weight is 250 g/mol. The second kappa shape index (κ2) is 4.63. The lowest BCUT2D eigenvalue weighted by atomic mass is 9.79. The summed E-state index contributed by atoms with van der Waals surface area (Å²) in [6.07, 6.45) is 3.87. The van der Waals surface area contributed by atoms with Crippen molar-refractivity contribution in [3.8, 4) is 0 Å². The van der Waals surface area contributed by atoms with E-state index in [1.165, 1.54) is 0 Å². The highest BCUT2D eigenvalue weighted by atomic mass is 35.5. The summed E-state index contributed by atoms with van der Waals surface area (Å²) < 4.78 is 0. The Labute approximate surface area is 107 Å². The number of rotatable bonds is 2. The standard InChI is InChI=1S/C14H16ClNO/c1-8-4-11(9(2)7-17)12-5-14(15)16-6-13(12)10(8)3/h4-6,9-10,17H,1,7H2,2-3H3. The van der Waals surface area contributed by atoms with E-state index in [-0.39, 0.29) is 18.4 Å². The molecule has 1 aliphatic carbocycles. The lowest BCUT2D eigenvalue weighted by molar-refractivity contribution is 0.266. The van der Waals surface area contributed by atoms with E-state index >= 15 is 0 Å². The Morgan fingerprint density at radius 3 is 2.94 bits per heavy atom. The normalized spacial score (nSPS) is 20.8. The summed E-state index contributed by atoms with van der Waals surface area (Å²) in [5.41, 5.74) is 4.37. The van der Waals surface area contributed by atoms with Gasteiger partial charge >= 0.3 is 0 Å². The molecule has 0 fully saturated rings. The van der Waals surface area contributed by atoms with Crippen molar-refractivity contribution in [3.63, 3.8) is 0 Å². The predicted octanol–water partition coefficient (Wildman–Crippen LogP) is 3.42. The molecule has 2 rings (SSSR count). The van der Waals surface area contributed by atoms with Gasteiger partial charge in [0, 0.05) is 24.6 Å². The van der Waals surface area contributed by atoms with Crippen LogP contribution in [0.3, 0.4) is 0 Å². The zero-order valence-electron chi connectivity index (χ0n) is 10.1. The van der Waals surface area contributed by atoms with Crippen LogP contribution in [0.2, 0.25) is 5.15 Å². The maximum atomic E-state index is 9.31. The van der Waals surface area contributed by atoms with Crippen molar-refractivity contribution in [1.82, 2.24) is 4.98 Å². The highest BCUT2D eigenvalue weighted by molar-refractivity contribution is 6.29. The first-order valence-electron chi connectivity index (χ1n) is 5.71. The first kappa shape index (κ1) is 12.3. The van der Waals surface area contributed by atoms with E-state index in [0.717, 1.165) is 22.3 Å². The number of fused-ring (bicyclic) bond motifs is 1. The molecule has 2 unspecified atom stereocenters. The number of aliphatic hydroxyl groups is 1. The number of hydrogen-bond donors (Lipinski definition) is 1. The summed E-state index contributed by atoms with van der Waals surface area (Å²) in [7, 11) is 0. The number of aliphatic hydroxyl groups excluding tert-OH is 1. The monoisotopic (exact) mass is 249 g/mol. The summed E-state index contributed by atoms with van der Waals surface area (Å²) in [5, 5.41) is 9.80. The van der Waals surface area contributed by atoms with Gasteiger partial charge in [-0.15, -0.1) is 0 Å². The van der Waals surface area contributed by atoms with Crippen LogP contribution in [0.15, 0.2) is 30.5 Å². The lowest BCUT2D eigenvalue weighted by Gasteiger charge is -2.27. The van der Waals surface area contributed by atoms with Crippen LogP contribution in [-0.4, -0.2) is 16.7 Å². The van der Waals surface area contributed by atoms with Crippen LogP contribution in [0, 0.1) is 5.92 Å². The first-order valence-corrected chi connectivity index (χ1v) is 6.09. The molecule has 17 heavy (non-hydrogen) atoms. The van der Waals surface area contributed by atoms with E-state index in [2.05, 4.69) is 24.6 Å². The number of allylic oxidation sites excluding steroid dienone is 2. The molecule has 0 aromatic carbocycles. The first-order chi connectivity index (χ1) is 8.04. The fraction of sp³-hybridized carbons (Fsp3) is 0.357. The largest absolute Gasteiger partial charge is 0.396 e. The summed E-state index contributed by atoms with van der Waals surface area (Å²) in [5.74, 6) is 0.334. The van der Waals surface area contributed by atoms with Gasteiger partial charge in [-0.05, 0) is 28.3 Å². The number of halogens is 1. The third kappa shape index (κ3) is 2.15. The minimum atomic E-state index is 0.0801. The van der Waals surface area contributed by atoms with E-state index in [4.69, 9.17) is 11.6 Å². The fourth-order valence-corrected chi connectivity index (χ4v) is 2.30. The molecule has 0 radical (unpaired) electrons. The maximum Gasteiger partial charge on any atom is 0.129 e. The van der Waals surface area contributed by atoms with Crippen LogP contribution >= 0.6 is 11.6 Å². The van der Waals surface area contributed by atoms with Gasteiger partial charge < -0.3 is 5.11 Å². The summed E-state index contributed by atoms with van der Waals surface area (Å²) in [6, 6.07) is 1.87. The van der Waals surface area contributed by atoms with Crippen molar-refractivity contribution in [2.75, 3.05) is 6.61 Å². The Kier molecular flexibility index (Phi) is 3.36. The fourth-order valence-electron chi connectivity index (χ4n) is 2.14. The smallest absolute Gasteiger partial charge is 0.129 e. The van der Waals surface area contributed by atoms with Gasteiger partial charge in [-0.1, -0.05) is 38.1 Å². The van der Waals surface area contributed by atoms with Gasteiger partial charge in [-0.2, -0.15) is 0 Å². The molecule has 1 heterocycles. The van der Waals surface area contributed by atoms with Crippen LogP contribution in [0.25, 0.3) is 5.57 Å². The Hall–Kier alpha value is -1.12. The third-order valence-corrected chi connectivity index (χ3v) is 3.59. The molecule has 0 amide bonds. The van der Waals surface area contributed by atoms with Crippen molar-refractivity contribution in [1.29, 1.82) is 0 Å². The highest BCUT2D eigenvalue weighted by Gasteiger charge is 2.24. The molecule has 2 atom stereocenters. The highest BCUT2D eigenvalue weighted by Crippen LogP contribution is 2.40. The topological polar surface area (TPSA) is 33.1 Å². The molecular formula is C14H16ClNO. The van der Waals surface area contributed by atoms with Crippen molar-refractivity contribution >= 4 is 17.2 Å². The van der Waals surface area contributed by atoms with E-state index in [9.17, 15) is 5.11 Å². The van der Waals surface area contributed by atoms with Crippen LogP contribution < -0.4 is 0 Å². The van der Waals surface area contributed by atoms with Crippen LogP contribution in [0.5, 0.6) is 0 Å². The molecular weight excluding hydrogens is 234 g/mol. The number of nitrogens with zero attached hydrogens (tertiary/aromatic N) is 1. The predicted molar refractivity (Wildman–Crippen MR) is 71.0 cm³/mol. The Balaban J connectivity index is 2.59. The molecule has 2 nitrogen and oxygen atoms in total. The SMILES string of the molecule is C=C1C=C(C(C)CO)c2cc(Cl)ncc2C1C. The molecule has 0 saturated carbocycles. The van der Waals surface area contributed by atoms with Crippen molar-refractivity contribution in [2.45, 2.75) is 19.8 Å². The molecule has 0 bridgehead atoms. The molecule has 3 heteroatoms. The quantitative estimate of drug-likeness (QED) is 0.815. The second-order valence-corrected chi connectivity index (χ2v) is 4.96. The Bertz CT molecular complexity index is 493. The van der Waals surface area contributed by atoms with Crippen molar-refractivity contribution in [2.24, 2.45) is 5.92 Å². The molecule has 90 valence electrons. The minimum absolute atomic E-state index is 0.0801. The van der Waals surface area contributed by atoms with E-state index in [1.54, 1.807) is 0 Å². The minimum Gasteiger partial charge on any atom is -0.396 e. The van der Waals surface area contributed by atoms with Gasteiger partial charge in [-0.3, -0.25) is 0 Å². The van der Waals surface area contributed by atoms with Crippen LogP contribution in [0.1, 0.15) is 30.9 Å². The van der Waals surface area contributed by atoms with Gasteiger partial charge in [0.2, 0.25) is 0 Å². The molecule has 0 saturated heterocycles. The van der Waals surface area contributed by atoms with Crippen LogP contribution in [0.4, 0.5) is 0 Å². The van der Waals surface area contributed by atoms with Gasteiger partial charge in [-0.25, -0.2) is 4.98 Å². The maximum absolute atomic E-state index is 9.31. The molecule has 1 N–H and O–H groups in total. The Morgan fingerprint density at radius 2 is 2.29 bits per heavy atom. The molecule has 0 spiro atoms.